The summed E-state index contributed by atoms with van der Waals surface area (Å²) in [5.41, 5.74) is 1.62. The van der Waals surface area contributed by atoms with Crippen LogP contribution in [-0.4, -0.2) is 28.5 Å². The van der Waals surface area contributed by atoms with Crippen molar-refractivity contribution in [1.82, 2.24) is 10.2 Å². The van der Waals surface area contributed by atoms with E-state index in [0.29, 0.717) is 11.8 Å². The quantitative estimate of drug-likeness (QED) is 0.826. The largest absolute Gasteiger partial charge is 0.525 e. The number of nitrogens with one attached hydrogen (secondary N) is 1. The van der Waals surface area contributed by atoms with E-state index in [4.69, 9.17) is 9.31 Å². The van der Waals surface area contributed by atoms with Crippen LogP contribution >= 0.6 is 0 Å². The molecule has 1 aliphatic heterocycles. The first-order chi connectivity index (χ1) is 11.3. The van der Waals surface area contributed by atoms with Crippen molar-refractivity contribution in [2.45, 2.75) is 82.8 Å². The Morgan fingerprint density at radius 3 is 2.25 bits per heavy atom. The minimum Gasteiger partial charge on any atom is -0.398 e. The Balaban J connectivity index is 1.64. The summed E-state index contributed by atoms with van der Waals surface area (Å²) in [7, 11) is -0.939. The Morgan fingerprint density at radius 1 is 1.12 bits per heavy atom. The van der Waals surface area contributed by atoms with Crippen molar-refractivity contribution in [3.05, 3.63) is 22.7 Å². The average Bonchev–Trinajstić information content (AvgIpc) is 3.15. The molecule has 0 radical (unpaired) electrons. The van der Waals surface area contributed by atoms with Crippen molar-refractivity contribution in [3.63, 3.8) is 0 Å². The van der Waals surface area contributed by atoms with Crippen LogP contribution in [0, 0.1) is 0 Å². The summed E-state index contributed by atoms with van der Waals surface area (Å²) in [5.74, 6) is 0.967. The van der Waals surface area contributed by atoms with E-state index in [1.54, 1.807) is 6.08 Å². The fourth-order valence-corrected chi connectivity index (χ4v) is 3.37. The maximum Gasteiger partial charge on any atom is 0.525 e. The van der Waals surface area contributed by atoms with Crippen LogP contribution in [0.4, 0.5) is 4.39 Å². The average molecular weight is 332 g/mol. The third-order valence-corrected chi connectivity index (χ3v) is 6.10. The third kappa shape index (κ3) is 2.64. The standard InChI is InChI=1S/C18H26BFN2O2/c1-17(2)18(3,4)24-19(23-17)14(20)10-13-15(11-6-5-7-11)21-22-16(13)12-8-9-12/h10-12H,5-9H2,1-4H3,(H,21,22). The highest BCUT2D eigenvalue weighted by Gasteiger charge is 2.53. The van der Waals surface area contributed by atoms with Gasteiger partial charge < -0.3 is 9.31 Å². The Hall–Kier alpha value is -1.14. The molecule has 2 saturated carbocycles. The second kappa shape index (κ2) is 5.43. The summed E-state index contributed by atoms with van der Waals surface area (Å²) in [6.45, 7) is 7.75. The van der Waals surface area contributed by atoms with Crippen LogP contribution in [-0.2, 0) is 9.31 Å². The zero-order valence-corrected chi connectivity index (χ0v) is 15.0. The number of rotatable bonds is 4. The lowest BCUT2D eigenvalue weighted by molar-refractivity contribution is 0.00578. The van der Waals surface area contributed by atoms with E-state index in [-0.39, 0.29) is 5.73 Å². The summed E-state index contributed by atoms with van der Waals surface area (Å²) < 4.78 is 26.6. The highest BCUT2D eigenvalue weighted by molar-refractivity contribution is 6.54. The number of hydrogen-bond acceptors (Lipinski definition) is 3. The van der Waals surface area contributed by atoms with Crippen molar-refractivity contribution in [3.8, 4) is 0 Å². The molecule has 130 valence electrons. The van der Waals surface area contributed by atoms with Crippen molar-refractivity contribution in [2.75, 3.05) is 0 Å². The molecule has 0 bridgehead atoms. The second-order valence-corrected chi connectivity index (χ2v) is 8.46. The van der Waals surface area contributed by atoms with Gasteiger partial charge in [0.25, 0.3) is 0 Å². The van der Waals surface area contributed by atoms with Gasteiger partial charge in [0.2, 0.25) is 0 Å². The van der Waals surface area contributed by atoms with Crippen LogP contribution in [0.1, 0.15) is 88.6 Å². The van der Waals surface area contributed by atoms with Gasteiger partial charge in [-0.2, -0.15) is 5.10 Å². The van der Waals surface area contributed by atoms with Crippen LogP contribution < -0.4 is 0 Å². The van der Waals surface area contributed by atoms with E-state index in [1.807, 2.05) is 27.7 Å². The highest BCUT2D eigenvalue weighted by Crippen LogP contribution is 2.46. The van der Waals surface area contributed by atoms with E-state index in [9.17, 15) is 4.39 Å². The molecule has 3 fully saturated rings. The van der Waals surface area contributed by atoms with Gasteiger partial charge in [0, 0.05) is 23.1 Å². The minimum absolute atomic E-state index is 0.363. The molecule has 0 amide bonds. The molecule has 24 heavy (non-hydrogen) atoms. The van der Waals surface area contributed by atoms with Crippen LogP contribution in [0.2, 0.25) is 0 Å². The first-order valence-electron chi connectivity index (χ1n) is 9.09. The number of aromatic nitrogens is 2. The summed E-state index contributed by atoms with van der Waals surface area (Å²) in [4.78, 5) is 0. The van der Waals surface area contributed by atoms with Crippen molar-refractivity contribution < 1.29 is 13.7 Å². The monoisotopic (exact) mass is 332 g/mol. The van der Waals surface area contributed by atoms with Crippen molar-refractivity contribution >= 4 is 13.2 Å². The third-order valence-electron chi connectivity index (χ3n) is 6.10. The smallest absolute Gasteiger partial charge is 0.398 e. The Labute approximate surface area is 143 Å². The van der Waals surface area contributed by atoms with E-state index in [0.717, 1.165) is 42.6 Å². The molecule has 2 aliphatic carbocycles. The van der Waals surface area contributed by atoms with Gasteiger partial charge in [0.1, 0.15) is 5.73 Å². The molecule has 6 heteroatoms. The summed E-state index contributed by atoms with van der Waals surface area (Å²) >= 11 is 0. The molecule has 2 heterocycles. The molecule has 1 aromatic heterocycles. The highest BCUT2D eigenvalue weighted by atomic mass is 19.1. The summed E-state index contributed by atoms with van der Waals surface area (Å²) in [6.07, 6.45) is 7.45. The topological polar surface area (TPSA) is 47.1 Å². The van der Waals surface area contributed by atoms with Crippen LogP contribution in [0.3, 0.4) is 0 Å². The molecule has 4 rings (SSSR count). The molecule has 1 saturated heterocycles. The van der Waals surface area contributed by atoms with Crippen molar-refractivity contribution in [2.24, 2.45) is 0 Å². The van der Waals surface area contributed by atoms with Crippen LogP contribution in [0.5, 0.6) is 0 Å². The summed E-state index contributed by atoms with van der Waals surface area (Å²) in [5, 5.41) is 7.69. The zero-order chi connectivity index (χ0) is 17.1. The van der Waals surface area contributed by atoms with Gasteiger partial charge in [-0.05, 0) is 59.5 Å². The predicted octanol–water partition coefficient (Wildman–Crippen LogP) is 4.50. The lowest BCUT2D eigenvalue weighted by Gasteiger charge is -2.32. The SMILES string of the molecule is CC1(C)OB(C(F)=Cc2c(C3CCC3)n[nH]c2C2CC2)OC1(C)C. The van der Waals surface area contributed by atoms with Gasteiger partial charge in [-0.1, -0.05) is 6.42 Å². The van der Waals surface area contributed by atoms with E-state index < -0.39 is 18.3 Å². The number of hydrogen-bond donors (Lipinski definition) is 1. The first kappa shape index (κ1) is 16.3. The molecule has 3 aliphatic rings. The number of halogens is 1. The molecule has 0 aromatic carbocycles. The lowest BCUT2D eigenvalue weighted by atomic mass is 9.80. The predicted molar refractivity (Wildman–Crippen MR) is 92.3 cm³/mol. The maximum atomic E-state index is 15.0. The fraction of sp³-hybridized carbons (Fsp3) is 0.722. The van der Waals surface area contributed by atoms with Crippen LogP contribution in [0.25, 0.3) is 6.08 Å². The first-order valence-corrected chi connectivity index (χ1v) is 9.09. The number of H-pyrrole nitrogens is 1. The van der Waals surface area contributed by atoms with Gasteiger partial charge in [0.15, 0.2) is 0 Å². The fourth-order valence-electron chi connectivity index (χ4n) is 3.37. The molecular weight excluding hydrogens is 306 g/mol. The van der Waals surface area contributed by atoms with Crippen LogP contribution in [0.15, 0.2) is 5.73 Å². The lowest BCUT2D eigenvalue weighted by Crippen LogP contribution is -2.41. The Bertz CT molecular complexity index is 659. The molecule has 0 spiro atoms. The molecule has 1 aromatic rings. The summed E-state index contributed by atoms with van der Waals surface area (Å²) in [6, 6.07) is 0. The van der Waals surface area contributed by atoms with Crippen molar-refractivity contribution in [1.29, 1.82) is 0 Å². The zero-order valence-electron chi connectivity index (χ0n) is 15.0. The van der Waals surface area contributed by atoms with Gasteiger partial charge in [-0.3, -0.25) is 5.10 Å². The maximum absolute atomic E-state index is 15.0. The Morgan fingerprint density at radius 2 is 1.75 bits per heavy atom. The van der Waals surface area contributed by atoms with Gasteiger partial charge in [-0.25, -0.2) is 4.39 Å². The number of aromatic amines is 1. The second-order valence-electron chi connectivity index (χ2n) is 8.46. The van der Waals surface area contributed by atoms with E-state index in [2.05, 4.69) is 10.2 Å². The molecular formula is C18H26BFN2O2. The van der Waals surface area contributed by atoms with Gasteiger partial charge in [-0.15, -0.1) is 0 Å². The minimum atomic E-state index is -0.939. The molecule has 0 atom stereocenters. The molecule has 1 N–H and O–H groups in total. The van der Waals surface area contributed by atoms with Gasteiger partial charge >= 0.3 is 7.12 Å². The number of nitrogens with zero attached hydrogens (tertiary/aromatic N) is 1. The Kier molecular flexibility index (Phi) is 3.70. The van der Waals surface area contributed by atoms with Gasteiger partial charge in [0.05, 0.1) is 16.9 Å². The van der Waals surface area contributed by atoms with E-state index >= 15 is 0 Å². The normalized spacial score (nSPS) is 26.7. The molecule has 0 unspecified atom stereocenters. The van der Waals surface area contributed by atoms with E-state index in [1.165, 1.54) is 6.42 Å². The molecule has 4 nitrogen and oxygen atoms in total.